The molecule has 1 unspecified atom stereocenters. The van der Waals surface area contributed by atoms with Gasteiger partial charge in [0.05, 0.1) is 6.61 Å². The van der Waals surface area contributed by atoms with E-state index in [4.69, 9.17) is 15.2 Å². The summed E-state index contributed by atoms with van der Waals surface area (Å²) in [5, 5.41) is 0. The van der Waals surface area contributed by atoms with Crippen molar-refractivity contribution < 1.29 is 9.47 Å². The molecular formula is C10H15NO2. The Bertz CT molecular complexity index is 246. The number of hydrogen-bond acceptors (Lipinski definition) is 3. The molecule has 72 valence electrons. The maximum atomic E-state index is 5.54. The topological polar surface area (TPSA) is 44.5 Å². The third kappa shape index (κ3) is 3.34. The van der Waals surface area contributed by atoms with Gasteiger partial charge in [0.15, 0.2) is 0 Å². The first-order valence-corrected chi connectivity index (χ1v) is 4.23. The first-order chi connectivity index (χ1) is 6.22. The molecule has 0 spiro atoms. The molecule has 0 aliphatic heterocycles. The van der Waals surface area contributed by atoms with Crippen LogP contribution < -0.4 is 10.5 Å². The fourth-order valence-corrected chi connectivity index (χ4v) is 1.05. The Labute approximate surface area is 78.5 Å². The van der Waals surface area contributed by atoms with Crippen LogP contribution in [0.15, 0.2) is 24.3 Å². The van der Waals surface area contributed by atoms with Crippen molar-refractivity contribution in [3.63, 3.8) is 0 Å². The van der Waals surface area contributed by atoms with Crippen LogP contribution in [0.4, 0.5) is 5.69 Å². The summed E-state index contributed by atoms with van der Waals surface area (Å²) < 4.78 is 10.5. The summed E-state index contributed by atoms with van der Waals surface area (Å²) in [5.74, 6) is 0.818. The molecule has 0 amide bonds. The summed E-state index contributed by atoms with van der Waals surface area (Å²) in [4.78, 5) is 0. The highest BCUT2D eigenvalue weighted by Crippen LogP contribution is 2.14. The van der Waals surface area contributed by atoms with E-state index in [0.29, 0.717) is 6.61 Å². The number of nitrogens with two attached hydrogens (primary N) is 1. The van der Waals surface area contributed by atoms with Crippen LogP contribution in [-0.2, 0) is 4.74 Å². The van der Waals surface area contributed by atoms with Gasteiger partial charge in [0.1, 0.15) is 11.9 Å². The minimum atomic E-state index is 0.0635. The fraction of sp³-hybridized carbons (Fsp3) is 0.400. The average Bonchev–Trinajstić information content (AvgIpc) is 2.09. The Morgan fingerprint density at radius 2 is 1.92 bits per heavy atom. The van der Waals surface area contributed by atoms with Gasteiger partial charge in [-0.2, -0.15) is 0 Å². The Kier molecular flexibility index (Phi) is 3.58. The van der Waals surface area contributed by atoms with Crippen molar-refractivity contribution in [2.24, 2.45) is 0 Å². The normalized spacial score (nSPS) is 12.5. The summed E-state index contributed by atoms with van der Waals surface area (Å²) in [6.45, 7) is 2.55. The number of benzene rings is 1. The molecule has 3 nitrogen and oxygen atoms in total. The molecule has 13 heavy (non-hydrogen) atoms. The van der Waals surface area contributed by atoms with Gasteiger partial charge in [0, 0.05) is 12.8 Å². The number of ether oxygens (including phenoxy) is 2. The Hall–Kier alpha value is -1.22. The quantitative estimate of drug-likeness (QED) is 0.719. The van der Waals surface area contributed by atoms with E-state index < -0.39 is 0 Å². The Morgan fingerprint density at radius 3 is 2.46 bits per heavy atom. The largest absolute Gasteiger partial charge is 0.488 e. The summed E-state index contributed by atoms with van der Waals surface area (Å²) in [6, 6.07) is 7.33. The zero-order valence-corrected chi connectivity index (χ0v) is 7.99. The van der Waals surface area contributed by atoms with Crippen molar-refractivity contribution in [2.45, 2.75) is 13.0 Å². The number of methoxy groups -OCH3 is 1. The van der Waals surface area contributed by atoms with Crippen LogP contribution in [0.5, 0.6) is 5.75 Å². The number of nitrogen functional groups attached to an aromatic ring is 1. The van der Waals surface area contributed by atoms with Gasteiger partial charge in [0.2, 0.25) is 0 Å². The highest BCUT2D eigenvalue weighted by atomic mass is 16.5. The predicted octanol–water partition coefficient (Wildman–Crippen LogP) is 1.68. The van der Waals surface area contributed by atoms with E-state index in [0.717, 1.165) is 11.4 Å². The minimum absolute atomic E-state index is 0.0635. The number of rotatable bonds is 4. The van der Waals surface area contributed by atoms with Gasteiger partial charge in [-0.3, -0.25) is 0 Å². The van der Waals surface area contributed by atoms with E-state index in [-0.39, 0.29) is 6.10 Å². The third-order valence-corrected chi connectivity index (χ3v) is 1.62. The lowest BCUT2D eigenvalue weighted by atomic mass is 10.3. The van der Waals surface area contributed by atoms with E-state index in [2.05, 4.69) is 0 Å². The fourth-order valence-electron chi connectivity index (χ4n) is 1.05. The van der Waals surface area contributed by atoms with Crippen LogP contribution in [-0.4, -0.2) is 19.8 Å². The van der Waals surface area contributed by atoms with Crippen LogP contribution in [0.1, 0.15) is 6.92 Å². The van der Waals surface area contributed by atoms with E-state index >= 15 is 0 Å². The first kappa shape index (κ1) is 9.86. The van der Waals surface area contributed by atoms with Gasteiger partial charge >= 0.3 is 0 Å². The molecule has 0 radical (unpaired) electrons. The molecule has 0 bridgehead atoms. The lowest BCUT2D eigenvalue weighted by molar-refractivity contribution is 0.0921. The summed E-state index contributed by atoms with van der Waals surface area (Å²) >= 11 is 0. The van der Waals surface area contributed by atoms with Crippen LogP contribution in [0.25, 0.3) is 0 Å². The maximum Gasteiger partial charge on any atom is 0.119 e. The first-order valence-electron chi connectivity index (χ1n) is 4.23. The van der Waals surface area contributed by atoms with E-state index in [1.807, 2.05) is 31.2 Å². The zero-order chi connectivity index (χ0) is 9.68. The average molecular weight is 181 g/mol. The second-order valence-corrected chi connectivity index (χ2v) is 2.95. The highest BCUT2D eigenvalue weighted by molar-refractivity contribution is 5.41. The van der Waals surface area contributed by atoms with Crippen molar-refractivity contribution in [1.82, 2.24) is 0 Å². The predicted molar refractivity (Wildman–Crippen MR) is 52.8 cm³/mol. The maximum absolute atomic E-state index is 5.54. The van der Waals surface area contributed by atoms with Crippen LogP contribution >= 0.6 is 0 Å². The van der Waals surface area contributed by atoms with E-state index in [1.165, 1.54) is 0 Å². The molecule has 1 rings (SSSR count). The molecule has 2 N–H and O–H groups in total. The SMILES string of the molecule is COCC(C)Oc1ccc(N)cc1. The lowest BCUT2D eigenvalue weighted by Gasteiger charge is -2.13. The van der Waals surface area contributed by atoms with E-state index in [9.17, 15) is 0 Å². The van der Waals surface area contributed by atoms with Crippen molar-refractivity contribution in [3.05, 3.63) is 24.3 Å². The lowest BCUT2D eigenvalue weighted by Crippen LogP contribution is -2.17. The van der Waals surface area contributed by atoms with Gasteiger partial charge in [-0.1, -0.05) is 0 Å². The number of hydrogen-bond donors (Lipinski definition) is 1. The van der Waals surface area contributed by atoms with Crippen LogP contribution in [0.2, 0.25) is 0 Å². The second-order valence-electron chi connectivity index (χ2n) is 2.95. The van der Waals surface area contributed by atoms with Crippen molar-refractivity contribution in [3.8, 4) is 5.75 Å². The molecule has 0 saturated heterocycles. The van der Waals surface area contributed by atoms with Crippen LogP contribution in [0, 0.1) is 0 Å². The molecule has 0 aromatic heterocycles. The van der Waals surface area contributed by atoms with Gasteiger partial charge in [-0.05, 0) is 31.2 Å². The summed E-state index contributed by atoms with van der Waals surface area (Å²) in [7, 11) is 1.66. The highest BCUT2D eigenvalue weighted by Gasteiger charge is 2.01. The Balaban J connectivity index is 2.49. The molecule has 0 saturated carbocycles. The van der Waals surface area contributed by atoms with Crippen molar-refractivity contribution in [2.75, 3.05) is 19.5 Å². The molecule has 1 aromatic rings. The van der Waals surface area contributed by atoms with Crippen molar-refractivity contribution >= 4 is 5.69 Å². The van der Waals surface area contributed by atoms with Crippen LogP contribution in [0.3, 0.4) is 0 Å². The second kappa shape index (κ2) is 4.72. The Morgan fingerprint density at radius 1 is 1.31 bits per heavy atom. The monoisotopic (exact) mass is 181 g/mol. The van der Waals surface area contributed by atoms with Crippen molar-refractivity contribution in [1.29, 1.82) is 0 Å². The minimum Gasteiger partial charge on any atom is -0.488 e. The van der Waals surface area contributed by atoms with Gasteiger partial charge in [0.25, 0.3) is 0 Å². The third-order valence-electron chi connectivity index (χ3n) is 1.62. The number of anilines is 1. The molecule has 0 fully saturated rings. The summed E-state index contributed by atoms with van der Waals surface area (Å²) in [5.41, 5.74) is 6.28. The molecular weight excluding hydrogens is 166 g/mol. The molecule has 1 atom stereocenters. The van der Waals surface area contributed by atoms with Gasteiger partial charge < -0.3 is 15.2 Å². The van der Waals surface area contributed by atoms with Gasteiger partial charge in [-0.25, -0.2) is 0 Å². The molecule has 0 heterocycles. The molecule has 0 aliphatic rings. The van der Waals surface area contributed by atoms with Gasteiger partial charge in [-0.15, -0.1) is 0 Å². The molecule has 1 aromatic carbocycles. The smallest absolute Gasteiger partial charge is 0.119 e. The standard InChI is InChI=1S/C10H15NO2/c1-8(7-12-2)13-10-5-3-9(11)4-6-10/h3-6,8H,7,11H2,1-2H3. The summed E-state index contributed by atoms with van der Waals surface area (Å²) in [6.07, 6.45) is 0.0635. The molecule has 3 heteroatoms. The van der Waals surface area contributed by atoms with E-state index in [1.54, 1.807) is 7.11 Å². The zero-order valence-electron chi connectivity index (χ0n) is 7.99. The molecule has 0 aliphatic carbocycles.